The van der Waals surface area contributed by atoms with Gasteiger partial charge in [0.1, 0.15) is 0 Å². The molecular weight excluding hydrogens is 219 g/mol. The molecule has 0 unspecified atom stereocenters. The van der Waals surface area contributed by atoms with Gasteiger partial charge in [0.15, 0.2) is 0 Å². The highest BCUT2D eigenvalue weighted by molar-refractivity contribution is 6.45. The maximum absolute atomic E-state index is 5.99. The topological polar surface area (TPSA) is 70.0 Å². The van der Waals surface area contributed by atoms with E-state index in [0.717, 1.165) is 10.8 Å². The summed E-state index contributed by atoms with van der Waals surface area (Å²) in [6, 6.07) is 11.7. The lowest BCUT2D eigenvalue weighted by atomic mass is 10.1. The maximum atomic E-state index is 5.99. The fraction of sp³-hybridized carbons (Fsp3) is 0. The Morgan fingerprint density at radius 1 is 0.786 bits per heavy atom. The molecule has 0 radical (unpaired) electrons. The summed E-state index contributed by atoms with van der Waals surface area (Å²) < 4.78 is 0. The van der Waals surface area contributed by atoms with E-state index < -0.39 is 0 Å². The third-order valence-corrected chi connectivity index (χ3v) is 2.64. The van der Waals surface area contributed by atoms with Crippen LogP contribution in [0.4, 0.5) is 0 Å². The molecule has 2 nitrogen and oxygen atoms in total. The number of hydrogen-bond donors (Lipinski definition) is 2. The SMILES string of the molecule is Clc1ccc2ccccc2c1Cl.N.N. The van der Waals surface area contributed by atoms with E-state index in [4.69, 9.17) is 23.2 Å². The number of fused-ring (bicyclic) bond motifs is 1. The average molecular weight is 231 g/mol. The van der Waals surface area contributed by atoms with E-state index >= 15 is 0 Å². The van der Waals surface area contributed by atoms with Crippen LogP contribution in [0, 0.1) is 0 Å². The van der Waals surface area contributed by atoms with Crippen LogP contribution in [0.2, 0.25) is 10.0 Å². The molecule has 14 heavy (non-hydrogen) atoms. The molecule has 6 N–H and O–H groups in total. The Labute approximate surface area is 93.0 Å². The largest absolute Gasteiger partial charge is 0.344 e. The third-order valence-electron chi connectivity index (χ3n) is 1.82. The van der Waals surface area contributed by atoms with Crippen LogP contribution in [-0.2, 0) is 0 Å². The van der Waals surface area contributed by atoms with Gasteiger partial charge < -0.3 is 12.3 Å². The normalized spacial score (nSPS) is 9.00. The molecule has 76 valence electrons. The van der Waals surface area contributed by atoms with Crippen molar-refractivity contribution in [1.82, 2.24) is 12.3 Å². The molecule has 0 fully saturated rings. The van der Waals surface area contributed by atoms with Gasteiger partial charge in [-0.2, -0.15) is 0 Å². The molecule has 0 aliphatic heterocycles. The highest BCUT2D eigenvalue weighted by atomic mass is 35.5. The number of hydrogen-bond acceptors (Lipinski definition) is 2. The van der Waals surface area contributed by atoms with Crippen LogP contribution < -0.4 is 12.3 Å². The van der Waals surface area contributed by atoms with Crippen LogP contribution in [0.3, 0.4) is 0 Å². The molecule has 0 aliphatic rings. The molecule has 2 aromatic rings. The molecule has 0 bridgehead atoms. The first-order valence-corrected chi connectivity index (χ1v) is 4.37. The lowest BCUT2D eigenvalue weighted by molar-refractivity contribution is 1.74. The molecule has 0 saturated heterocycles. The minimum Gasteiger partial charge on any atom is -0.344 e. The second-order valence-corrected chi connectivity index (χ2v) is 3.37. The Kier molecular flexibility index (Phi) is 4.88. The van der Waals surface area contributed by atoms with Crippen molar-refractivity contribution < 1.29 is 0 Å². The van der Waals surface area contributed by atoms with Gasteiger partial charge in [0.05, 0.1) is 10.0 Å². The molecule has 0 saturated carbocycles. The van der Waals surface area contributed by atoms with E-state index in [0.29, 0.717) is 10.0 Å². The Bertz CT molecular complexity index is 429. The summed E-state index contributed by atoms with van der Waals surface area (Å²) in [6.07, 6.45) is 0. The summed E-state index contributed by atoms with van der Waals surface area (Å²) in [7, 11) is 0. The van der Waals surface area contributed by atoms with E-state index in [1.165, 1.54) is 0 Å². The van der Waals surface area contributed by atoms with E-state index in [1.807, 2.05) is 36.4 Å². The van der Waals surface area contributed by atoms with Gasteiger partial charge in [-0.1, -0.05) is 53.5 Å². The van der Waals surface area contributed by atoms with Crippen LogP contribution in [0.15, 0.2) is 36.4 Å². The van der Waals surface area contributed by atoms with Crippen molar-refractivity contribution in [1.29, 1.82) is 0 Å². The zero-order valence-electron chi connectivity index (χ0n) is 7.63. The lowest BCUT2D eigenvalue weighted by Gasteiger charge is -2.00. The monoisotopic (exact) mass is 230 g/mol. The zero-order valence-corrected chi connectivity index (χ0v) is 9.15. The van der Waals surface area contributed by atoms with Crippen molar-refractivity contribution in [3.8, 4) is 0 Å². The van der Waals surface area contributed by atoms with Gasteiger partial charge in [0.2, 0.25) is 0 Å². The highest BCUT2D eigenvalue weighted by Gasteiger charge is 2.01. The second-order valence-electron chi connectivity index (χ2n) is 2.58. The Morgan fingerprint density at radius 3 is 2.14 bits per heavy atom. The van der Waals surface area contributed by atoms with Gasteiger partial charge in [0.25, 0.3) is 0 Å². The molecule has 0 heterocycles. The van der Waals surface area contributed by atoms with Gasteiger partial charge in [-0.3, -0.25) is 0 Å². The summed E-state index contributed by atoms with van der Waals surface area (Å²) in [5, 5.41) is 3.36. The van der Waals surface area contributed by atoms with E-state index in [1.54, 1.807) is 0 Å². The van der Waals surface area contributed by atoms with Crippen molar-refractivity contribution in [2.45, 2.75) is 0 Å². The van der Waals surface area contributed by atoms with Gasteiger partial charge in [-0.05, 0) is 11.5 Å². The zero-order chi connectivity index (χ0) is 8.55. The Balaban J connectivity index is 0.000000845. The first-order chi connectivity index (χ1) is 5.79. The molecule has 0 spiro atoms. The van der Waals surface area contributed by atoms with Crippen molar-refractivity contribution in [2.24, 2.45) is 0 Å². The quantitative estimate of drug-likeness (QED) is 0.702. The molecule has 0 aliphatic carbocycles. The highest BCUT2D eigenvalue weighted by Crippen LogP contribution is 2.30. The fourth-order valence-electron chi connectivity index (χ4n) is 1.21. The van der Waals surface area contributed by atoms with E-state index in [2.05, 4.69) is 0 Å². The summed E-state index contributed by atoms with van der Waals surface area (Å²) in [4.78, 5) is 0. The van der Waals surface area contributed by atoms with Crippen LogP contribution in [-0.4, -0.2) is 0 Å². The number of benzene rings is 2. The van der Waals surface area contributed by atoms with Crippen molar-refractivity contribution in [3.05, 3.63) is 46.4 Å². The second kappa shape index (κ2) is 5.17. The summed E-state index contributed by atoms with van der Waals surface area (Å²) in [6.45, 7) is 0. The fourth-order valence-corrected chi connectivity index (χ4v) is 1.61. The Morgan fingerprint density at radius 2 is 1.43 bits per heavy atom. The average Bonchev–Trinajstić information content (AvgIpc) is 2.12. The molecule has 2 rings (SSSR count). The van der Waals surface area contributed by atoms with Crippen LogP contribution in [0.5, 0.6) is 0 Å². The van der Waals surface area contributed by atoms with Crippen LogP contribution in [0.25, 0.3) is 10.8 Å². The van der Waals surface area contributed by atoms with E-state index in [-0.39, 0.29) is 12.3 Å². The molecular formula is C10H12Cl2N2. The van der Waals surface area contributed by atoms with Crippen LogP contribution >= 0.6 is 23.2 Å². The standard InChI is InChI=1S/C10H6Cl2.2H3N/c11-9-6-5-7-3-1-2-4-8(7)10(9)12;;/h1-6H;2*1H3. The number of halogens is 2. The summed E-state index contributed by atoms with van der Waals surface area (Å²) in [5.41, 5.74) is 0. The van der Waals surface area contributed by atoms with Crippen molar-refractivity contribution in [3.63, 3.8) is 0 Å². The molecule has 0 amide bonds. The minimum absolute atomic E-state index is 0. The maximum Gasteiger partial charge on any atom is 0.0670 e. The smallest absolute Gasteiger partial charge is 0.0670 e. The van der Waals surface area contributed by atoms with Gasteiger partial charge >= 0.3 is 0 Å². The first kappa shape index (κ1) is 13.2. The molecule has 4 heteroatoms. The predicted molar refractivity (Wildman–Crippen MR) is 64.0 cm³/mol. The lowest BCUT2D eigenvalue weighted by Crippen LogP contribution is -1.74. The summed E-state index contributed by atoms with van der Waals surface area (Å²) >= 11 is 11.8. The third kappa shape index (κ3) is 2.16. The Hall–Kier alpha value is -0.800. The van der Waals surface area contributed by atoms with Gasteiger partial charge in [0, 0.05) is 5.39 Å². The number of rotatable bonds is 0. The van der Waals surface area contributed by atoms with Crippen LogP contribution in [0.1, 0.15) is 0 Å². The van der Waals surface area contributed by atoms with Gasteiger partial charge in [-0.25, -0.2) is 0 Å². The summed E-state index contributed by atoms with van der Waals surface area (Å²) in [5.74, 6) is 0. The predicted octanol–water partition coefficient (Wildman–Crippen LogP) is 4.47. The first-order valence-electron chi connectivity index (χ1n) is 3.62. The van der Waals surface area contributed by atoms with Crippen molar-refractivity contribution >= 4 is 34.0 Å². The van der Waals surface area contributed by atoms with Gasteiger partial charge in [-0.15, -0.1) is 0 Å². The molecule has 2 aromatic carbocycles. The van der Waals surface area contributed by atoms with Crippen molar-refractivity contribution in [2.75, 3.05) is 0 Å². The molecule has 0 aromatic heterocycles. The minimum atomic E-state index is 0. The van der Waals surface area contributed by atoms with E-state index in [9.17, 15) is 0 Å². The molecule has 0 atom stereocenters.